The van der Waals surface area contributed by atoms with Crippen molar-refractivity contribution in [3.05, 3.63) is 83.7 Å². The van der Waals surface area contributed by atoms with Crippen molar-refractivity contribution < 1.29 is 9.59 Å². The maximum Gasteiger partial charge on any atom is 0.294 e. The molecule has 1 fully saturated rings. The number of hydrogen-bond acceptors (Lipinski definition) is 4. The third-order valence-corrected chi connectivity index (χ3v) is 6.18. The van der Waals surface area contributed by atoms with Crippen molar-refractivity contribution in [3.63, 3.8) is 0 Å². The fraction of sp³-hybridized carbons (Fsp3) is 0.250. The maximum absolute atomic E-state index is 13.2. The van der Waals surface area contributed by atoms with Crippen LogP contribution in [0.25, 0.3) is 11.2 Å². The van der Waals surface area contributed by atoms with E-state index in [4.69, 9.17) is 11.6 Å². The van der Waals surface area contributed by atoms with Crippen molar-refractivity contribution in [2.45, 2.75) is 19.4 Å². The highest BCUT2D eigenvalue weighted by Gasteiger charge is 2.40. The van der Waals surface area contributed by atoms with Crippen molar-refractivity contribution in [2.24, 2.45) is 0 Å². The summed E-state index contributed by atoms with van der Waals surface area (Å²) < 4.78 is 3.46. The minimum Gasteiger partial charge on any atom is -0.334 e. The summed E-state index contributed by atoms with van der Waals surface area (Å²) in [6, 6.07) is 14.9. The van der Waals surface area contributed by atoms with Gasteiger partial charge in [-0.15, -0.1) is 5.10 Å². The molecular formula is C24H23ClN6O2. The number of carbonyl (C=O) groups excluding carboxylic acids is 2. The van der Waals surface area contributed by atoms with E-state index >= 15 is 0 Å². The van der Waals surface area contributed by atoms with E-state index in [-0.39, 0.29) is 17.6 Å². The van der Waals surface area contributed by atoms with E-state index in [2.05, 4.69) is 10.1 Å². The van der Waals surface area contributed by atoms with E-state index < -0.39 is 5.54 Å². The number of nitrogens with zero attached hydrogens (tertiary/aromatic N) is 6. The number of halogens is 1. The van der Waals surface area contributed by atoms with Gasteiger partial charge in [-0.2, -0.15) is 0 Å². The van der Waals surface area contributed by atoms with Gasteiger partial charge < -0.3 is 14.2 Å². The summed E-state index contributed by atoms with van der Waals surface area (Å²) in [5.41, 5.74) is 1.75. The van der Waals surface area contributed by atoms with Gasteiger partial charge >= 0.3 is 0 Å². The Hall–Kier alpha value is -3.65. The largest absolute Gasteiger partial charge is 0.334 e. The van der Waals surface area contributed by atoms with E-state index in [9.17, 15) is 9.59 Å². The first kappa shape index (κ1) is 21.2. The van der Waals surface area contributed by atoms with Crippen molar-refractivity contribution >= 4 is 28.9 Å². The minimum absolute atomic E-state index is 0.0396. The van der Waals surface area contributed by atoms with Crippen LogP contribution in [-0.4, -0.2) is 66.0 Å². The smallest absolute Gasteiger partial charge is 0.294 e. The van der Waals surface area contributed by atoms with Gasteiger partial charge in [0.15, 0.2) is 0 Å². The van der Waals surface area contributed by atoms with E-state index in [1.165, 1.54) is 11.0 Å². The number of rotatable bonds is 3. The van der Waals surface area contributed by atoms with Crippen LogP contribution in [0.5, 0.6) is 0 Å². The van der Waals surface area contributed by atoms with Crippen LogP contribution in [0.3, 0.4) is 0 Å². The molecular weight excluding hydrogens is 440 g/mol. The van der Waals surface area contributed by atoms with Gasteiger partial charge in [0.05, 0.1) is 16.8 Å². The summed E-state index contributed by atoms with van der Waals surface area (Å²) in [5.74, 6) is -0.189. The molecule has 4 heterocycles. The number of pyridine rings is 1. The van der Waals surface area contributed by atoms with Crippen LogP contribution >= 0.6 is 11.6 Å². The van der Waals surface area contributed by atoms with Gasteiger partial charge in [-0.25, -0.2) is 9.67 Å². The fourth-order valence-electron chi connectivity index (χ4n) is 4.28. The molecule has 0 bridgehead atoms. The Balaban J connectivity index is 1.32. The topological polar surface area (TPSA) is 75.7 Å². The molecule has 5 rings (SSSR count). The summed E-state index contributed by atoms with van der Waals surface area (Å²) in [4.78, 5) is 34.2. The minimum atomic E-state index is -0.578. The van der Waals surface area contributed by atoms with Gasteiger partial charge in [0.1, 0.15) is 6.33 Å². The molecule has 1 aliphatic heterocycles. The first-order chi connectivity index (χ1) is 15.8. The summed E-state index contributed by atoms with van der Waals surface area (Å²) in [6.07, 6.45) is 5.26. The summed E-state index contributed by atoms with van der Waals surface area (Å²) >= 11 is 6.06. The van der Waals surface area contributed by atoms with E-state index in [0.29, 0.717) is 30.2 Å². The van der Waals surface area contributed by atoms with Crippen LogP contribution in [0, 0.1) is 0 Å². The second kappa shape index (κ2) is 8.04. The molecule has 1 saturated heterocycles. The van der Waals surface area contributed by atoms with Gasteiger partial charge in [-0.1, -0.05) is 23.7 Å². The van der Waals surface area contributed by atoms with Crippen molar-refractivity contribution in [1.82, 2.24) is 29.0 Å². The van der Waals surface area contributed by atoms with Crippen molar-refractivity contribution in [2.75, 3.05) is 19.6 Å². The Labute approximate surface area is 196 Å². The lowest BCUT2D eigenvalue weighted by molar-refractivity contribution is 0.0160. The third-order valence-electron chi connectivity index (χ3n) is 5.94. The average molecular weight is 463 g/mol. The van der Waals surface area contributed by atoms with E-state index in [0.717, 1.165) is 11.2 Å². The third kappa shape index (κ3) is 3.98. The Morgan fingerprint density at radius 2 is 1.88 bits per heavy atom. The second-order valence-electron chi connectivity index (χ2n) is 8.75. The quantitative estimate of drug-likeness (QED) is 0.466. The molecule has 0 aliphatic carbocycles. The van der Waals surface area contributed by atoms with Crippen LogP contribution in [0.1, 0.15) is 34.8 Å². The number of carbonyl (C=O) groups is 2. The average Bonchev–Trinajstić information content (AvgIpc) is 3.45. The summed E-state index contributed by atoms with van der Waals surface area (Å²) in [5, 5.41) is 4.94. The summed E-state index contributed by atoms with van der Waals surface area (Å²) in [7, 11) is 0. The van der Waals surface area contributed by atoms with Gasteiger partial charge in [0.2, 0.25) is 5.82 Å². The molecule has 9 heteroatoms. The Morgan fingerprint density at radius 3 is 2.64 bits per heavy atom. The number of amides is 2. The predicted octanol–water partition coefficient (Wildman–Crippen LogP) is 3.55. The molecule has 33 heavy (non-hydrogen) atoms. The Bertz CT molecular complexity index is 1320. The first-order valence-corrected chi connectivity index (χ1v) is 11.1. The van der Waals surface area contributed by atoms with Gasteiger partial charge in [0.25, 0.3) is 11.8 Å². The fourth-order valence-corrected chi connectivity index (χ4v) is 4.47. The molecule has 0 N–H and O–H groups in total. The van der Waals surface area contributed by atoms with Crippen LogP contribution in [0.15, 0.2) is 67.3 Å². The van der Waals surface area contributed by atoms with Crippen molar-refractivity contribution in [3.8, 4) is 5.69 Å². The van der Waals surface area contributed by atoms with Crippen LogP contribution in [0.4, 0.5) is 0 Å². The van der Waals surface area contributed by atoms with Crippen LogP contribution < -0.4 is 0 Å². The van der Waals surface area contributed by atoms with Gasteiger partial charge in [0, 0.05) is 42.6 Å². The monoisotopic (exact) mass is 462 g/mol. The summed E-state index contributed by atoms with van der Waals surface area (Å²) in [6.45, 7) is 5.16. The zero-order valence-electron chi connectivity index (χ0n) is 18.3. The maximum atomic E-state index is 13.2. The highest BCUT2D eigenvalue weighted by molar-refractivity contribution is 6.30. The Kier molecular flexibility index (Phi) is 5.17. The lowest BCUT2D eigenvalue weighted by atomic mass is 9.98. The molecule has 1 aliphatic rings. The second-order valence-corrected chi connectivity index (χ2v) is 9.19. The number of benzene rings is 1. The molecule has 2 amide bonds. The normalized spacial score (nSPS) is 15.7. The zero-order valence-corrected chi connectivity index (χ0v) is 19.1. The molecule has 4 aromatic rings. The van der Waals surface area contributed by atoms with Gasteiger partial charge in [-0.3, -0.25) is 9.59 Å². The molecule has 8 nitrogen and oxygen atoms in total. The predicted molar refractivity (Wildman–Crippen MR) is 125 cm³/mol. The Morgan fingerprint density at radius 1 is 1.03 bits per heavy atom. The van der Waals surface area contributed by atoms with Crippen LogP contribution in [0.2, 0.25) is 5.02 Å². The molecule has 168 valence electrons. The molecule has 0 atom stereocenters. The highest BCUT2D eigenvalue weighted by atomic mass is 35.5. The first-order valence-electron chi connectivity index (χ1n) is 10.7. The van der Waals surface area contributed by atoms with Crippen LogP contribution in [-0.2, 0) is 0 Å². The van der Waals surface area contributed by atoms with E-state index in [1.807, 2.05) is 67.0 Å². The molecule has 3 aromatic heterocycles. The lowest BCUT2D eigenvalue weighted by Gasteiger charge is -2.46. The van der Waals surface area contributed by atoms with Gasteiger partial charge in [-0.05, 0) is 50.2 Å². The highest BCUT2D eigenvalue weighted by Crippen LogP contribution is 2.25. The number of hydrogen-bond donors (Lipinski definition) is 0. The standard InChI is InChI=1S/C24H23ClN6O2/c1-24(2)15-29(22(32)17-12-19-7-3-4-9-28(19)14-17)10-11-30(24)23(33)21-26-16-31(27-21)20-8-5-6-18(25)13-20/h3-9,12-14,16H,10-11,15H2,1-2H3. The molecule has 1 aromatic carbocycles. The number of aromatic nitrogens is 4. The molecule has 0 saturated carbocycles. The number of piperazine rings is 1. The lowest BCUT2D eigenvalue weighted by Crippen LogP contribution is -2.62. The van der Waals surface area contributed by atoms with Crippen molar-refractivity contribution in [1.29, 1.82) is 0 Å². The molecule has 0 radical (unpaired) electrons. The van der Waals surface area contributed by atoms with E-state index in [1.54, 1.807) is 21.9 Å². The zero-order chi connectivity index (χ0) is 23.2. The SMILES string of the molecule is CC1(C)CN(C(=O)c2cc3ccccn3c2)CCN1C(=O)c1ncn(-c2cccc(Cl)c2)n1. The number of fused-ring (bicyclic) bond motifs is 1. The molecule has 0 spiro atoms. The molecule has 0 unspecified atom stereocenters.